The highest BCUT2D eigenvalue weighted by atomic mass is 16.2. The number of hydrogen-bond donors (Lipinski definition) is 1. The van der Waals surface area contributed by atoms with Gasteiger partial charge < -0.3 is 9.47 Å². The third kappa shape index (κ3) is 3.83. The Morgan fingerprint density at radius 1 is 1.29 bits per heavy atom. The maximum Gasteiger partial charge on any atom is 0.271 e. The number of H-pyrrole nitrogens is 1. The van der Waals surface area contributed by atoms with Crippen LogP contribution in [0.3, 0.4) is 0 Å². The number of imidazole rings is 1. The average molecular weight is 378 g/mol. The van der Waals surface area contributed by atoms with Crippen molar-refractivity contribution in [2.45, 2.75) is 45.1 Å². The summed E-state index contributed by atoms with van der Waals surface area (Å²) in [5.41, 5.74) is 2.23. The number of hydrogen-bond acceptors (Lipinski definition) is 4. The molecule has 7 heteroatoms. The number of carbonyl (C=O) groups excluding carboxylic acids is 1. The quantitative estimate of drug-likeness (QED) is 0.712. The number of aromatic nitrogens is 5. The summed E-state index contributed by atoms with van der Waals surface area (Å²) in [6, 6.07) is 5.60. The summed E-state index contributed by atoms with van der Waals surface area (Å²) >= 11 is 0. The zero-order valence-electron chi connectivity index (χ0n) is 16.2. The Labute approximate surface area is 164 Å². The molecule has 146 valence electrons. The van der Waals surface area contributed by atoms with E-state index < -0.39 is 0 Å². The van der Waals surface area contributed by atoms with E-state index >= 15 is 0 Å². The highest BCUT2D eigenvalue weighted by molar-refractivity contribution is 5.93. The van der Waals surface area contributed by atoms with Gasteiger partial charge in [-0.3, -0.25) is 14.9 Å². The number of likely N-dealkylation sites (tertiary alicyclic amines) is 1. The molecule has 1 amide bonds. The minimum absolute atomic E-state index is 0.00386. The number of rotatable bonds is 6. The van der Waals surface area contributed by atoms with Crippen molar-refractivity contribution in [1.82, 2.24) is 29.6 Å². The van der Waals surface area contributed by atoms with Crippen molar-refractivity contribution in [3.05, 3.63) is 54.5 Å². The van der Waals surface area contributed by atoms with Crippen LogP contribution < -0.4 is 0 Å². The molecule has 0 radical (unpaired) electrons. The molecule has 1 aliphatic heterocycles. The molecule has 1 fully saturated rings. The van der Waals surface area contributed by atoms with E-state index in [1.54, 1.807) is 12.4 Å². The van der Waals surface area contributed by atoms with Gasteiger partial charge in [-0.15, -0.1) is 0 Å². The molecule has 1 aliphatic rings. The molecule has 1 atom stereocenters. The number of carbonyl (C=O) groups is 1. The van der Waals surface area contributed by atoms with Gasteiger partial charge >= 0.3 is 0 Å². The first-order chi connectivity index (χ1) is 13.8. The van der Waals surface area contributed by atoms with Gasteiger partial charge in [0, 0.05) is 55.9 Å². The predicted molar refractivity (Wildman–Crippen MR) is 107 cm³/mol. The lowest BCUT2D eigenvalue weighted by atomic mass is 9.96. The van der Waals surface area contributed by atoms with E-state index in [1.807, 2.05) is 29.3 Å². The first kappa shape index (κ1) is 18.4. The SMILES string of the molecule is CCCCn1ccnc1C1CCCN(C(=O)c2cc(-c3ccncc3)n[nH]2)C1. The van der Waals surface area contributed by atoms with E-state index in [0.29, 0.717) is 12.2 Å². The van der Waals surface area contributed by atoms with Crippen molar-refractivity contribution in [3.8, 4) is 11.3 Å². The fourth-order valence-electron chi connectivity index (χ4n) is 3.84. The first-order valence-corrected chi connectivity index (χ1v) is 10.0. The maximum atomic E-state index is 13.0. The zero-order chi connectivity index (χ0) is 19.3. The Hall–Kier alpha value is -2.96. The maximum absolute atomic E-state index is 13.0. The third-order valence-corrected chi connectivity index (χ3v) is 5.36. The minimum atomic E-state index is 0.00386. The summed E-state index contributed by atoms with van der Waals surface area (Å²) in [5, 5.41) is 7.21. The van der Waals surface area contributed by atoms with Crippen LogP contribution in [0.15, 0.2) is 43.0 Å². The summed E-state index contributed by atoms with van der Waals surface area (Å²) in [6.07, 6.45) is 11.7. The topological polar surface area (TPSA) is 79.7 Å². The smallest absolute Gasteiger partial charge is 0.271 e. The van der Waals surface area contributed by atoms with Crippen molar-refractivity contribution in [2.75, 3.05) is 13.1 Å². The molecule has 28 heavy (non-hydrogen) atoms. The number of unbranched alkanes of at least 4 members (excludes halogenated alkanes) is 1. The molecule has 0 aliphatic carbocycles. The molecule has 0 aromatic carbocycles. The molecule has 0 saturated carbocycles. The van der Waals surface area contributed by atoms with Gasteiger partial charge in [-0.2, -0.15) is 5.10 Å². The van der Waals surface area contributed by atoms with Crippen molar-refractivity contribution in [3.63, 3.8) is 0 Å². The van der Waals surface area contributed by atoms with E-state index in [9.17, 15) is 4.79 Å². The van der Waals surface area contributed by atoms with Gasteiger partial charge in [0.1, 0.15) is 11.5 Å². The van der Waals surface area contributed by atoms with Gasteiger partial charge in [0.05, 0.1) is 5.69 Å². The summed E-state index contributed by atoms with van der Waals surface area (Å²) in [4.78, 5) is 23.6. The lowest BCUT2D eigenvalue weighted by Crippen LogP contribution is -2.40. The van der Waals surface area contributed by atoms with Crippen LogP contribution in [0.2, 0.25) is 0 Å². The fourth-order valence-corrected chi connectivity index (χ4v) is 3.84. The van der Waals surface area contributed by atoms with Gasteiger partial charge in [0.15, 0.2) is 0 Å². The van der Waals surface area contributed by atoms with Gasteiger partial charge in [0.2, 0.25) is 0 Å². The van der Waals surface area contributed by atoms with Gasteiger partial charge in [0.25, 0.3) is 5.91 Å². The third-order valence-electron chi connectivity index (χ3n) is 5.36. The lowest BCUT2D eigenvalue weighted by molar-refractivity contribution is 0.0697. The molecule has 0 spiro atoms. The number of aryl methyl sites for hydroxylation is 1. The zero-order valence-corrected chi connectivity index (χ0v) is 16.2. The van der Waals surface area contributed by atoms with E-state index in [4.69, 9.17) is 0 Å². The Bertz CT molecular complexity index is 916. The molecule has 1 N–H and O–H groups in total. The number of piperidine rings is 1. The predicted octanol–water partition coefficient (Wildman–Crippen LogP) is 3.49. The Morgan fingerprint density at radius 3 is 2.96 bits per heavy atom. The van der Waals surface area contributed by atoms with E-state index in [2.05, 4.69) is 37.9 Å². The van der Waals surface area contributed by atoms with Crippen LogP contribution in [0.25, 0.3) is 11.3 Å². The van der Waals surface area contributed by atoms with Crippen molar-refractivity contribution < 1.29 is 4.79 Å². The van der Waals surface area contributed by atoms with Crippen LogP contribution in [-0.2, 0) is 6.54 Å². The molecule has 1 saturated heterocycles. The van der Waals surface area contributed by atoms with Crippen molar-refractivity contribution in [2.24, 2.45) is 0 Å². The summed E-state index contributed by atoms with van der Waals surface area (Å²) < 4.78 is 2.25. The number of nitrogens with zero attached hydrogens (tertiary/aromatic N) is 5. The van der Waals surface area contributed by atoms with Crippen LogP contribution in [0.1, 0.15) is 54.8 Å². The lowest BCUT2D eigenvalue weighted by Gasteiger charge is -2.32. The Morgan fingerprint density at radius 2 is 2.14 bits per heavy atom. The largest absolute Gasteiger partial charge is 0.337 e. The normalized spacial score (nSPS) is 17.0. The number of aromatic amines is 1. The van der Waals surface area contributed by atoms with Crippen LogP contribution in [0.5, 0.6) is 0 Å². The second-order valence-electron chi connectivity index (χ2n) is 7.33. The monoisotopic (exact) mass is 378 g/mol. The number of amides is 1. The number of nitrogens with one attached hydrogen (secondary N) is 1. The van der Waals surface area contributed by atoms with Crippen LogP contribution in [-0.4, -0.2) is 48.6 Å². The van der Waals surface area contributed by atoms with Crippen molar-refractivity contribution in [1.29, 1.82) is 0 Å². The highest BCUT2D eigenvalue weighted by Crippen LogP contribution is 2.27. The molecule has 0 bridgehead atoms. The molecule has 7 nitrogen and oxygen atoms in total. The van der Waals surface area contributed by atoms with Gasteiger partial charge in [-0.05, 0) is 37.5 Å². The van der Waals surface area contributed by atoms with Crippen LogP contribution in [0.4, 0.5) is 0 Å². The second-order valence-corrected chi connectivity index (χ2v) is 7.33. The second kappa shape index (κ2) is 8.37. The molecule has 1 unspecified atom stereocenters. The highest BCUT2D eigenvalue weighted by Gasteiger charge is 2.28. The Balaban J connectivity index is 1.47. The molecule has 3 aromatic heterocycles. The fraction of sp³-hybridized carbons (Fsp3) is 0.429. The van der Waals surface area contributed by atoms with Crippen LogP contribution in [0, 0.1) is 0 Å². The van der Waals surface area contributed by atoms with E-state index in [1.165, 1.54) is 0 Å². The summed E-state index contributed by atoms with van der Waals surface area (Å²) in [7, 11) is 0. The van der Waals surface area contributed by atoms with Crippen molar-refractivity contribution >= 4 is 5.91 Å². The summed E-state index contributed by atoms with van der Waals surface area (Å²) in [5.74, 6) is 1.39. The number of pyridine rings is 1. The molecular weight excluding hydrogens is 352 g/mol. The van der Waals surface area contributed by atoms with Gasteiger partial charge in [-0.1, -0.05) is 13.3 Å². The minimum Gasteiger partial charge on any atom is -0.337 e. The first-order valence-electron chi connectivity index (χ1n) is 10.0. The molecule has 3 aromatic rings. The Kier molecular flexibility index (Phi) is 5.50. The molecular formula is C21H26N6O. The van der Waals surface area contributed by atoms with E-state index in [-0.39, 0.29) is 11.8 Å². The molecule has 4 rings (SSSR count). The van der Waals surface area contributed by atoms with Crippen LogP contribution >= 0.6 is 0 Å². The average Bonchev–Trinajstić information content (AvgIpc) is 3.42. The molecule has 4 heterocycles. The van der Waals surface area contributed by atoms with Gasteiger partial charge in [-0.25, -0.2) is 4.98 Å². The standard InChI is InChI=1S/C21H26N6O/c1-2-3-11-26-13-10-23-20(26)17-5-4-12-27(15-17)21(28)19-14-18(24-25-19)16-6-8-22-9-7-16/h6-10,13-14,17H,2-5,11-12,15H2,1H3,(H,24,25). The summed E-state index contributed by atoms with van der Waals surface area (Å²) in [6.45, 7) is 4.66. The van der Waals surface area contributed by atoms with E-state index in [0.717, 1.165) is 55.9 Å².